The van der Waals surface area contributed by atoms with Gasteiger partial charge in [0.05, 0.1) is 55.2 Å². The smallest absolute Gasteiger partial charge is 0.409 e. The minimum Gasteiger partial charge on any atom is -0.508 e. The van der Waals surface area contributed by atoms with Gasteiger partial charge in [-0.05, 0) is 97.5 Å². The zero-order chi connectivity index (χ0) is 56.4. The van der Waals surface area contributed by atoms with E-state index in [1.807, 2.05) is 64.6 Å². The SMILES string of the molecule is CCn1c(-c2cc(C#CCN3CCS(=O)(=O)CC3)cnc2C(C)OC)c2c3cc(ccc31)-c1cc(O)cc(c1)CC(NC(=O)C(C(C)C)N(C)C(=O)C1CN(C(=O)OC)CC1C)C(=O)N1CCCC(N1)C(=O)OCC(C)(C)C2. The molecule has 3 N–H and O–H groups in total. The average Bonchev–Trinajstić information content (AvgIpc) is 4.15. The number of hydrazine groups is 1. The zero-order valence-electron chi connectivity index (χ0n) is 46.7. The molecule has 3 fully saturated rings. The van der Waals surface area contributed by atoms with E-state index in [2.05, 4.69) is 46.2 Å². The lowest BCUT2D eigenvalue weighted by molar-refractivity contribution is -0.155. The maximum Gasteiger partial charge on any atom is 0.409 e. The molecular formula is C58H76N8O11S. The molecule has 20 heteroatoms. The maximum atomic E-state index is 14.9. The van der Waals surface area contributed by atoms with Gasteiger partial charge in [0.2, 0.25) is 11.8 Å². The van der Waals surface area contributed by atoms with Gasteiger partial charge in [-0.3, -0.25) is 34.1 Å². The molecule has 4 aliphatic rings. The van der Waals surface area contributed by atoms with Crippen LogP contribution in [0.3, 0.4) is 0 Å². The minimum absolute atomic E-state index is 0.0383. The van der Waals surface area contributed by atoms with E-state index >= 15 is 0 Å². The number of esters is 1. The van der Waals surface area contributed by atoms with E-state index in [-0.39, 0.29) is 55.2 Å². The van der Waals surface area contributed by atoms with Gasteiger partial charge in [-0.15, -0.1) is 0 Å². The van der Waals surface area contributed by atoms with Crippen molar-refractivity contribution in [2.75, 3.05) is 78.6 Å². The molecule has 0 saturated carbocycles. The van der Waals surface area contributed by atoms with E-state index in [9.17, 15) is 37.5 Å². The van der Waals surface area contributed by atoms with E-state index in [1.165, 1.54) is 21.9 Å². The number of phenols is 1. The van der Waals surface area contributed by atoms with Crippen LogP contribution in [-0.4, -0.2) is 169 Å². The van der Waals surface area contributed by atoms with Gasteiger partial charge in [-0.2, -0.15) is 0 Å². The number of amides is 4. The number of cyclic esters (lactones) is 1. The third kappa shape index (κ3) is 12.6. The van der Waals surface area contributed by atoms with Crippen molar-refractivity contribution in [3.63, 3.8) is 0 Å². The van der Waals surface area contributed by atoms with Gasteiger partial charge in [-0.1, -0.05) is 58.6 Å². The topological polar surface area (TPSA) is 222 Å². The van der Waals surface area contributed by atoms with E-state index in [0.717, 1.165) is 33.3 Å². The molecule has 0 spiro atoms. The summed E-state index contributed by atoms with van der Waals surface area (Å²) in [6.07, 6.45) is 2.06. The van der Waals surface area contributed by atoms with Crippen molar-refractivity contribution < 1.29 is 51.7 Å². The Kier molecular flexibility index (Phi) is 17.6. The maximum absolute atomic E-state index is 14.9. The van der Waals surface area contributed by atoms with Crippen molar-refractivity contribution in [3.8, 4) is 40.0 Å². The number of hydrogen-bond acceptors (Lipinski definition) is 14. The summed E-state index contributed by atoms with van der Waals surface area (Å²) in [4.78, 5) is 80.3. The number of carbonyl (C=O) groups excluding carboxylic acids is 5. The molecule has 2 aromatic carbocycles. The van der Waals surface area contributed by atoms with E-state index in [0.29, 0.717) is 74.4 Å². The molecule has 6 unspecified atom stereocenters. The Morgan fingerprint density at radius 2 is 1.77 bits per heavy atom. The third-order valence-electron chi connectivity index (χ3n) is 15.8. The average molecular weight is 1090 g/mol. The van der Waals surface area contributed by atoms with Crippen molar-refractivity contribution in [2.45, 2.75) is 105 Å². The van der Waals surface area contributed by atoms with E-state index < -0.39 is 75.2 Å². The highest BCUT2D eigenvalue weighted by Crippen LogP contribution is 2.43. The third-order valence-corrected chi connectivity index (χ3v) is 17.4. The first-order chi connectivity index (χ1) is 37.0. The number of hydrogen-bond donors (Lipinski definition) is 3. The summed E-state index contributed by atoms with van der Waals surface area (Å²) in [7, 11) is 1.46. The quantitative estimate of drug-likeness (QED) is 0.135. The largest absolute Gasteiger partial charge is 0.508 e. The molecule has 8 rings (SSSR count). The molecule has 6 heterocycles. The van der Waals surface area contributed by atoms with Crippen LogP contribution in [-0.2, 0) is 62.6 Å². The first-order valence-corrected chi connectivity index (χ1v) is 28.9. The fraction of sp³-hybridized carbons (Fsp3) is 0.552. The van der Waals surface area contributed by atoms with Crippen LogP contribution >= 0.6 is 0 Å². The highest BCUT2D eigenvalue weighted by Gasteiger charge is 2.43. The normalized spacial score (nSPS) is 22.4. The van der Waals surface area contributed by atoms with Crippen molar-refractivity contribution in [2.24, 2.45) is 23.2 Å². The number of pyridine rings is 1. The number of methoxy groups -OCH3 is 2. The molecule has 6 bridgehead atoms. The number of rotatable bonds is 10. The molecule has 2 aromatic heterocycles. The number of phenolic OH excluding ortho intramolecular Hbond substituents is 1. The fourth-order valence-electron chi connectivity index (χ4n) is 11.5. The van der Waals surface area contributed by atoms with Crippen molar-refractivity contribution in [1.29, 1.82) is 0 Å². The summed E-state index contributed by atoms with van der Waals surface area (Å²) >= 11 is 0. The number of aromatic hydroxyl groups is 1. The molecule has 0 aliphatic carbocycles. The number of benzene rings is 2. The number of sulfone groups is 1. The molecule has 0 radical (unpaired) electrons. The molecule has 4 amide bonds. The summed E-state index contributed by atoms with van der Waals surface area (Å²) < 4.78 is 43.5. The lowest BCUT2D eigenvalue weighted by Crippen LogP contribution is -2.62. The Morgan fingerprint density at radius 3 is 2.46 bits per heavy atom. The summed E-state index contributed by atoms with van der Waals surface area (Å²) in [5.74, 6) is 3.65. The first-order valence-electron chi connectivity index (χ1n) is 27.1. The molecule has 78 heavy (non-hydrogen) atoms. The Morgan fingerprint density at radius 1 is 1.03 bits per heavy atom. The van der Waals surface area contributed by atoms with Crippen LogP contribution in [0.4, 0.5) is 4.79 Å². The van der Waals surface area contributed by atoms with Gasteiger partial charge in [0.15, 0.2) is 9.84 Å². The summed E-state index contributed by atoms with van der Waals surface area (Å²) in [6, 6.07) is 10.2. The lowest BCUT2D eigenvalue weighted by Gasteiger charge is -2.37. The summed E-state index contributed by atoms with van der Waals surface area (Å²) in [5, 5.41) is 16.8. The number of nitrogens with zero attached hydrogens (tertiary/aromatic N) is 6. The number of likely N-dealkylation sites (tertiary alicyclic amines) is 1. The van der Waals surface area contributed by atoms with E-state index in [1.54, 1.807) is 32.5 Å². The zero-order valence-corrected chi connectivity index (χ0v) is 47.5. The number of fused-ring (bicyclic) bond motifs is 6. The second-order valence-electron chi connectivity index (χ2n) is 22.6. The van der Waals surface area contributed by atoms with Crippen LogP contribution in [0.5, 0.6) is 5.75 Å². The molecule has 19 nitrogen and oxygen atoms in total. The van der Waals surface area contributed by atoms with Crippen LogP contribution in [0, 0.1) is 35.0 Å². The second kappa shape index (κ2) is 23.8. The van der Waals surface area contributed by atoms with Crippen LogP contribution in [0.2, 0.25) is 0 Å². The molecular weight excluding hydrogens is 1020 g/mol. The molecule has 4 aromatic rings. The van der Waals surface area contributed by atoms with Crippen molar-refractivity contribution >= 4 is 50.5 Å². The van der Waals surface area contributed by atoms with Gasteiger partial charge in [-0.25, -0.2) is 18.6 Å². The predicted molar refractivity (Wildman–Crippen MR) is 295 cm³/mol. The first kappa shape index (κ1) is 57.6. The molecule has 6 atom stereocenters. The van der Waals surface area contributed by atoms with Crippen LogP contribution in [0.25, 0.3) is 33.3 Å². The number of carbonyl (C=O) groups is 5. The van der Waals surface area contributed by atoms with Gasteiger partial charge in [0.1, 0.15) is 23.9 Å². The Hall–Kier alpha value is -6.53. The van der Waals surface area contributed by atoms with Crippen molar-refractivity contribution in [1.82, 2.24) is 40.0 Å². The highest BCUT2D eigenvalue weighted by molar-refractivity contribution is 7.91. The molecule has 420 valence electrons. The number of ether oxygens (including phenoxy) is 3. The van der Waals surface area contributed by atoms with Crippen LogP contribution in [0.15, 0.2) is 48.7 Å². The van der Waals surface area contributed by atoms with Gasteiger partial charge >= 0.3 is 12.1 Å². The monoisotopic (exact) mass is 1090 g/mol. The fourth-order valence-corrected chi connectivity index (χ4v) is 12.8. The Labute approximate surface area is 458 Å². The van der Waals surface area contributed by atoms with Crippen LogP contribution in [0.1, 0.15) is 89.8 Å². The lowest BCUT2D eigenvalue weighted by atomic mass is 9.84. The Bertz CT molecular complexity index is 3110. The number of nitrogens with one attached hydrogen (secondary N) is 2. The number of likely N-dealkylation sites (N-methyl/N-ethyl adjacent to an activating group) is 1. The van der Waals surface area contributed by atoms with Gasteiger partial charge in [0.25, 0.3) is 5.91 Å². The standard InChI is InChI=1S/C58H76N8O11S/c1-11-65-49-17-16-40-29-43(49)45(52(65)44-26-38(31-59-50(44)37(5)75-9)14-12-18-63-20-22-78(73,74)23-21-63)30-58(6,7)34-77-56(71)47-15-13-19-66(61-47)55(70)48(27-39-24-41(40)28-42(67)25-39)60-53(68)51(35(2)3)62(8)54(69)46-33-64(32-36(46)4)57(72)76-10/h16-17,24-26,28-29,31,35-37,46-48,51,61,67H,11,13,15,18-23,27,30,32-34H2,1-10H3,(H,60,68). The highest BCUT2D eigenvalue weighted by atomic mass is 32.2. The van der Waals surface area contributed by atoms with Crippen molar-refractivity contribution in [3.05, 3.63) is 71.0 Å². The summed E-state index contributed by atoms with van der Waals surface area (Å²) in [5.41, 5.74) is 9.50. The van der Waals surface area contributed by atoms with E-state index in [4.69, 9.17) is 19.2 Å². The minimum atomic E-state index is -3.04. The van der Waals surface area contributed by atoms with Gasteiger partial charge < -0.3 is 39.0 Å². The molecule has 4 aliphatic heterocycles. The second-order valence-corrected chi connectivity index (χ2v) is 24.9. The summed E-state index contributed by atoms with van der Waals surface area (Å²) in [6.45, 7) is 16.2. The number of aromatic nitrogens is 2. The van der Waals surface area contributed by atoms with Gasteiger partial charge in [0, 0.05) is 93.5 Å². The van der Waals surface area contributed by atoms with Crippen LogP contribution < -0.4 is 10.7 Å². The predicted octanol–water partition coefficient (Wildman–Crippen LogP) is 5.35. The number of aryl methyl sites for hydroxylation is 1. The molecule has 3 saturated heterocycles. The Balaban J connectivity index is 1.20.